The summed E-state index contributed by atoms with van der Waals surface area (Å²) in [5.41, 5.74) is 0.0532. The van der Waals surface area contributed by atoms with Crippen LogP contribution in [0.4, 0.5) is 18.9 Å². The van der Waals surface area contributed by atoms with E-state index in [9.17, 15) is 18.0 Å². The maximum absolute atomic E-state index is 13.0. The molecule has 0 atom stereocenters. The minimum absolute atomic E-state index is 0.0146. The van der Waals surface area contributed by atoms with E-state index in [-0.39, 0.29) is 18.0 Å². The van der Waals surface area contributed by atoms with E-state index in [0.29, 0.717) is 5.76 Å². The first-order chi connectivity index (χ1) is 9.51. The number of furan rings is 1. The van der Waals surface area contributed by atoms with Gasteiger partial charge in [-0.2, -0.15) is 0 Å². The second-order valence-corrected chi connectivity index (χ2v) is 3.86. The van der Waals surface area contributed by atoms with Crippen LogP contribution in [0.15, 0.2) is 28.7 Å². The number of hydrogen-bond acceptors (Lipinski definition) is 4. The highest BCUT2D eigenvalue weighted by atomic mass is 19.2. The van der Waals surface area contributed by atoms with Crippen LogP contribution in [0.5, 0.6) is 0 Å². The molecule has 0 radical (unpaired) electrons. The first-order valence-corrected chi connectivity index (χ1v) is 5.56. The monoisotopic (exact) mass is 285 g/mol. The van der Waals surface area contributed by atoms with Crippen molar-refractivity contribution >= 4 is 11.7 Å². The molecule has 1 aromatic heterocycles. The summed E-state index contributed by atoms with van der Waals surface area (Å²) in [5, 5.41) is 2.65. The summed E-state index contributed by atoms with van der Waals surface area (Å²) in [6, 6.07) is 4.56. The van der Waals surface area contributed by atoms with E-state index in [4.69, 9.17) is 4.42 Å². The van der Waals surface area contributed by atoms with Crippen molar-refractivity contribution in [1.29, 1.82) is 0 Å². The average Bonchev–Trinajstić information content (AvgIpc) is 2.90. The highest BCUT2D eigenvalue weighted by Crippen LogP contribution is 2.18. The molecule has 7 heteroatoms. The van der Waals surface area contributed by atoms with Crippen molar-refractivity contribution in [3.63, 3.8) is 0 Å². The van der Waals surface area contributed by atoms with Gasteiger partial charge in [-0.1, -0.05) is 0 Å². The summed E-state index contributed by atoms with van der Waals surface area (Å²) in [6.07, 6.45) is 0. The van der Waals surface area contributed by atoms with Crippen molar-refractivity contribution in [3.8, 4) is 0 Å². The Morgan fingerprint density at radius 2 is 1.90 bits per heavy atom. The van der Waals surface area contributed by atoms with Gasteiger partial charge in [-0.25, -0.2) is 18.0 Å². The summed E-state index contributed by atoms with van der Waals surface area (Å²) < 4.78 is 48.3. The molecular weight excluding hydrogens is 275 g/mol. The molecule has 4 nitrogen and oxygen atoms in total. The van der Waals surface area contributed by atoms with Gasteiger partial charge in [0.05, 0.1) is 13.7 Å². The third-order valence-electron chi connectivity index (χ3n) is 2.50. The lowest BCUT2D eigenvalue weighted by atomic mass is 10.3. The highest BCUT2D eigenvalue weighted by Gasteiger charge is 2.12. The SMILES string of the molecule is COC(=O)c1ccc(CNc2cc(F)c(F)c(F)c2)o1. The van der Waals surface area contributed by atoms with Crippen molar-refractivity contribution < 1.29 is 27.1 Å². The topological polar surface area (TPSA) is 51.5 Å². The molecule has 1 N–H and O–H groups in total. The Hall–Kier alpha value is -2.44. The number of nitrogens with one attached hydrogen (secondary N) is 1. The van der Waals surface area contributed by atoms with Gasteiger partial charge in [-0.15, -0.1) is 0 Å². The number of esters is 1. The molecule has 0 amide bonds. The van der Waals surface area contributed by atoms with E-state index in [1.54, 1.807) is 0 Å². The fourth-order valence-electron chi connectivity index (χ4n) is 1.53. The van der Waals surface area contributed by atoms with Gasteiger partial charge in [0, 0.05) is 17.8 Å². The number of carbonyl (C=O) groups is 1. The van der Waals surface area contributed by atoms with Gasteiger partial charge in [-0.3, -0.25) is 0 Å². The van der Waals surface area contributed by atoms with Gasteiger partial charge in [-0.05, 0) is 12.1 Å². The molecule has 0 unspecified atom stereocenters. The second-order valence-electron chi connectivity index (χ2n) is 3.86. The number of rotatable bonds is 4. The molecule has 0 fully saturated rings. The lowest BCUT2D eigenvalue weighted by Crippen LogP contribution is -2.02. The molecule has 0 spiro atoms. The molecule has 0 aliphatic carbocycles. The van der Waals surface area contributed by atoms with E-state index in [0.717, 1.165) is 12.1 Å². The quantitative estimate of drug-likeness (QED) is 0.692. The molecule has 2 rings (SSSR count). The Balaban J connectivity index is 2.05. The van der Waals surface area contributed by atoms with Crippen LogP contribution in [0.1, 0.15) is 16.3 Å². The van der Waals surface area contributed by atoms with Crippen LogP contribution in [-0.2, 0) is 11.3 Å². The van der Waals surface area contributed by atoms with Gasteiger partial charge in [0.15, 0.2) is 17.5 Å². The highest BCUT2D eigenvalue weighted by molar-refractivity contribution is 5.86. The number of anilines is 1. The summed E-state index contributed by atoms with van der Waals surface area (Å²) in [7, 11) is 1.22. The summed E-state index contributed by atoms with van der Waals surface area (Å²) in [4.78, 5) is 11.2. The molecule has 1 aromatic carbocycles. The first-order valence-electron chi connectivity index (χ1n) is 5.56. The van der Waals surface area contributed by atoms with E-state index >= 15 is 0 Å². The summed E-state index contributed by atoms with van der Waals surface area (Å²) >= 11 is 0. The molecule has 1 heterocycles. The van der Waals surface area contributed by atoms with Crippen LogP contribution in [0.25, 0.3) is 0 Å². The third kappa shape index (κ3) is 2.93. The molecular formula is C13H10F3NO3. The predicted molar refractivity (Wildman–Crippen MR) is 63.7 cm³/mol. The minimum Gasteiger partial charge on any atom is -0.463 e. The van der Waals surface area contributed by atoms with Crippen LogP contribution >= 0.6 is 0 Å². The van der Waals surface area contributed by atoms with Gasteiger partial charge < -0.3 is 14.5 Å². The van der Waals surface area contributed by atoms with E-state index in [1.165, 1.54) is 19.2 Å². The zero-order valence-corrected chi connectivity index (χ0v) is 10.4. The van der Waals surface area contributed by atoms with E-state index in [2.05, 4.69) is 10.1 Å². The number of methoxy groups -OCH3 is 1. The number of carbonyl (C=O) groups excluding carboxylic acids is 1. The molecule has 106 valence electrons. The predicted octanol–water partition coefficient (Wildman–Crippen LogP) is 3.10. The van der Waals surface area contributed by atoms with Gasteiger partial charge in [0.25, 0.3) is 0 Å². The Morgan fingerprint density at radius 1 is 1.25 bits per heavy atom. The first kappa shape index (κ1) is 14.0. The lowest BCUT2D eigenvalue weighted by Gasteiger charge is -2.05. The Labute approximate surface area is 112 Å². The maximum atomic E-state index is 13.0. The van der Waals surface area contributed by atoms with Crippen molar-refractivity contribution in [2.75, 3.05) is 12.4 Å². The largest absolute Gasteiger partial charge is 0.463 e. The van der Waals surface area contributed by atoms with Gasteiger partial charge in [0.1, 0.15) is 5.76 Å². The van der Waals surface area contributed by atoms with Crippen molar-refractivity contribution in [2.45, 2.75) is 6.54 Å². The minimum atomic E-state index is -1.53. The molecule has 2 aromatic rings. The standard InChI is InChI=1S/C13H10F3NO3/c1-19-13(18)11-3-2-8(20-11)6-17-7-4-9(14)12(16)10(15)5-7/h2-5,17H,6H2,1H3. The molecule has 0 aliphatic rings. The number of halogens is 3. The third-order valence-corrected chi connectivity index (χ3v) is 2.50. The normalized spacial score (nSPS) is 10.4. The average molecular weight is 285 g/mol. The van der Waals surface area contributed by atoms with Crippen molar-refractivity contribution in [2.24, 2.45) is 0 Å². The fraction of sp³-hybridized carbons (Fsp3) is 0.154. The molecule has 0 bridgehead atoms. The summed E-state index contributed by atoms with van der Waals surface area (Å²) in [5.74, 6) is -4.36. The van der Waals surface area contributed by atoms with Gasteiger partial charge >= 0.3 is 5.97 Å². The van der Waals surface area contributed by atoms with Crippen LogP contribution in [0, 0.1) is 17.5 Å². The smallest absolute Gasteiger partial charge is 0.373 e. The van der Waals surface area contributed by atoms with Crippen LogP contribution in [0.3, 0.4) is 0 Å². The van der Waals surface area contributed by atoms with E-state index in [1.807, 2.05) is 0 Å². The Bertz CT molecular complexity index is 617. The van der Waals surface area contributed by atoms with Gasteiger partial charge in [0.2, 0.25) is 5.76 Å². The Morgan fingerprint density at radius 3 is 2.50 bits per heavy atom. The zero-order chi connectivity index (χ0) is 14.7. The van der Waals surface area contributed by atoms with E-state index < -0.39 is 23.4 Å². The lowest BCUT2D eigenvalue weighted by molar-refractivity contribution is 0.0563. The number of hydrogen-bond donors (Lipinski definition) is 1. The molecule has 0 saturated heterocycles. The van der Waals surface area contributed by atoms with Crippen molar-refractivity contribution in [3.05, 3.63) is 53.2 Å². The fourth-order valence-corrected chi connectivity index (χ4v) is 1.53. The van der Waals surface area contributed by atoms with Crippen LogP contribution < -0.4 is 5.32 Å². The number of ether oxygens (including phenoxy) is 1. The molecule has 20 heavy (non-hydrogen) atoms. The second kappa shape index (κ2) is 5.68. The molecule has 0 saturated carbocycles. The molecule has 0 aliphatic heterocycles. The van der Waals surface area contributed by atoms with Crippen LogP contribution in [0.2, 0.25) is 0 Å². The Kier molecular flexibility index (Phi) is 3.97. The summed E-state index contributed by atoms with van der Waals surface area (Å²) in [6.45, 7) is 0.0709. The zero-order valence-electron chi connectivity index (χ0n) is 10.4. The number of benzene rings is 1. The van der Waals surface area contributed by atoms with Crippen molar-refractivity contribution in [1.82, 2.24) is 0 Å². The maximum Gasteiger partial charge on any atom is 0.373 e. The van der Waals surface area contributed by atoms with Crippen LogP contribution in [-0.4, -0.2) is 13.1 Å².